The van der Waals surface area contributed by atoms with Gasteiger partial charge in [0, 0.05) is 13.6 Å². The molecule has 1 N–H and O–H groups in total. The molecular formula is C17H23N3O2S2. The van der Waals surface area contributed by atoms with Gasteiger partial charge in [-0.25, -0.2) is 4.98 Å². The molecule has 1 unspecified atom stereocenters. The van der Waals surface area contributed by atoms with E-state index in [4.69, 9.17) is 0 Å². The predicted molar refractivity (Wildman–Crippen MR) is 99.8 cm³/mol. The van der Waals surface area contributed by atoms with Gasteiger partial charge in [0.1, 0.15) is 4.70 Å². The van der Waals surface area contributed by atoms with Crippen molar-refractivity contribution in [1.29, 1.82) is 0 Å². The van der Waals surface area contributed by atoms with Crippen LogP contribution in [0.4, 0.5) is 0 Å². The molecule has 0 bridgehead atoms. The Labute approximate surface area is 149 Å². The summed E-state index contributed by atoms with van der Waals surface area (Å²) in [5, 5.41) is 5.25. The van der Waals surface area contributed by atoms with Crippen LogP contribution in [0.2, 0.25) is 0 Å². The van der Waals surface area contributed by atoms with E-state index >= 15 is 0 Å². The second-order valence-corrected chi connectivity index (χ2v) is 8.63. The van der Waals surface area contributed by atoms with Crippen molar-refractivity contribution in [3.8, 4) is 0 Å². The van der Waals surface area contributed by atoms with Crippen molar-refractivity contribution in [2.45, 2.75) is 49.4 Å². The molecular weight excluding hydrogens is 342 g/mol. The Bertz CT molecular complexity index is 778. The Balaban J connectivity index is 1.63. The molecule has 0 saturated heterocycles. The van der Waals surface area contributed by atoms with E-state index in [-0.39, 0.29) is 16.7 Å². The highest BCUT2D eigenvalue weighted by molar-refractivity contribution is 8.00. The van der Waals surface area contributed by atoms with Crippen molar-refractivity contribution in [3.63, 3.8) is 0 Å². The standard InChI is InChI=1S/C17H23N3O2S2/c1-11(15(21)18-10-12-6-4-3-5-7-12)24-17-19-13-8-9-23-14(13)16(22)20(17)2/h8-9,11-12H,3-7,10H2,1-2H3,(H,18,21). The first-order chi connectivity index (χ1) is 11.6. The molecule has 0 aromatic carbocycles. The molecule has 0 radical (unpaired) electrons. The number of aromatic nitrogens is 2. The molecule has 2 aromatic rings. The summed E-state index contributed by atoms with van der Waals surface area (Å²) in [7, 11) is 1.71. The van der Waals surface area contributed by atoms with Crippen molar-refractivity contribution in [3.05, 3.63) is 21.8 Å². The van der Waals surface area contributed by atoms with Crippen LogP contribution in [0, 0.1) is 5.92 Å². The van der Waals surface area contributed by atoms with Gasteiger partial charge in [0.05, 0.1) is 10.8 Å². The third-order valence-corrected chi connectivity index (χ3v) is 6.62. The fraction of sp³-hybridized carbons (Fsp3) is 0.588. The first-order valence-electron chi connectivity index (χ1n) is 8.45. The lowest BCUT2D eigenvalue weighted by Gasteiger charge is -2.22. The maximum atomic E-state index is 12.4. The number of amides is 1. The Morgan fingerprint density at radius 2 is 2.21 bits per heavy atom. The maximum absolute atomic E-state index is 12.4. The molecule has 24 heavy (non-hydrogen) atoms. The number of carbonyl (C=O) groups excluding carboxylic acids is 1. The lowest BCUT2D eigenvalue weighted by atomic mass is 9.89. The zero-order chi connectivity index (χ0) is 17.1. The largest absolute Gasteiger partial charge is 0.355 e. The van der Waals surface area contributed by atoms with Crippen LogP contribution in [-0.2, 0) is 11.8 Å². The summed E-state index contributed by atoms with van der Waals surface area (Å²) < 4.78 is 2.20. The van der Waals surface area contributed by atoms with Gasteiger partial charge in [0.25, 0.3) is 5.56 Å². The minimum Gasteiger partial charge on any atom is -0.355 e. The third-order valence-electron chi connectivity index (χ3n) is 4.59. The van der Waals surface area contributed by atoms with E-state index in [1.807, 2.05) is 18.4 Å². The van der Waals surface area contributed by atoms with E-state index in [0.29, 0.717) is 21.3 Å². The van der Waals surface area contributed by atoms with E-state index in [1.165, 1.54) is 59.8 Å². The van der Waals surface area contributed by atoms with E-state index in [9.17, 15) is 9.59 Å². The molecule has 1 aliphatic rings. The van der Waals surface area contributed by atoms with Crippen LogP contribution in [0.15, 0.2) is 21.4 Å². The fourth-order valence-corrected chi connectivity index (χ4v) is 4.77. The van der Waals surface area contributed by atoms with Gasteiger partial charge >= 0.3 is 0 Å². The molecule has 130 valence electrons. The second kappa shape index (κ2) is 7.70. The average Bonchev–Trinajstić information content (AvgIpc) is 3.06. The van der Waals surface area contributed by atoms with Gasteiger partial charge in [-0.1, -0.05) is 31.0 Å². The van der Waals surface area contributed by atoms with E-state index in [1.54, 1.807) is 7.05 Å². The molecule has 1 fully saturated rings. The van der Waals surface area contributed by atoms with Crippen LogP contribution in [0.3, 0.4) is 0 Å². The molecule has 0 spiro atoms. The van der Waals surface area contributed by atoms with Crippen LogP contribution in [0.1, 0.15) is 39.0 Å². The Morgan fingerprint density at radius 1 is 1.46 bits per heavy atom. The third kappa shape index (κ3) is 3.83. The smallest absolute Gasteiger partial charge is 0.271 e. The number of thioether (sulfide) groups is 1. The molecule has 0 aliphatic heterocycles. The van der Waals surface area contributed by atoms with Crippen molar-refractivity contribution < 1.29 is 4.79 Å². The number of fused-ring (bicyclic) bond motifs is 1. The number of thiophene rings is 1. The topological polar surface area (TPSA) is 64.0 Å². The quantitative estimate of drug-likeness (QED) is 0.653. The van der Waals surface area contributed by atoms with E-state index in [0.717, 1.165) is 6.54 Å². The second-order valence-electron chi connectivity index (χ2n) is 6.40. The van der Waals surface area contributed by atoms with Gasteiger partial charge < -0.3 is 5.32 Å². The van der Waals surface area contributed by atoms with Gasteiger partial charge in [0.2, 0.25) is 5.91 Å². The van der Waals surface area contributed by atoms with Crippen LogP contribution in [0.25, 0.3) is 10.2 Å². The van der Waals surface area contributed by atoms with Gasteiger partial charge in [-0.2, -0.15) is 0 Å². The number of hydrogen-bond donors (Lipinski definition) is 1. The summed E-state index contributed by atoms with van der Waals surface area (Å²) in [5.41, 5.74) is 0.660. The lowest BCUT2D eigenvalue weighted by Crippen LogP contribution is -2.35. The predicted octanol–water partition coefficient (Wildman–Crippen LogP) is 3.17. The highest BCUT2D eigenvalue weighted by Gasteiger charge is 2.20. The summed E-state index contributed by atoms with van der Waals surface area (Å²) >= 11 is 2.74. The zero-order valence-corrected chi connectivity index (χ0v) is 15.7. The zero-order valence-electron chi connectivity index (χ0n) is 14.1. The van der Waals surface area contributed by atoms with Crippen molar-refractivity contribution in [2.75, 3.05) is 6.54 Å². The molecule has 1 atom stereocenters. The monoisotopic (exact) mass is 365 g/mol. The van der Waals surface area contributed by atoms with E-state index in [2.05, 4.69) is 10.3 Å². The summed E-state index contributed by atoms with van der Waals surface area (Å²) in [4.78, 5) is 29.2. The lowest BCUT2D eigenvalue weighted by molar-refractivity contribution is -0.120. The molecule has 5 nitrogen and oxygen atoms in total. The number of nitrogens with one attached hydrogen (secondary N) is 1. The highest BCUT2D eigenvalue weighted by Crippen LogP contribution is 2.25. The molecule has 3 rings (SSSR count). The normalized spacial score (nSPS) is 17.1. The van der Waals surface area contributed by atoms with E-state index < -0.39 is 0 Å². The SMILES string of the molecule is CC(Sc1nc2ccsc2c(=O)n1C)C(=O)NCC1CCCCC1. The number of nitrogens with zero attached hydrogens (tertiary/aromatic N) is 2. The highest BCUT2D eigenvalue weighted by atomic mass is 32.2. The Hall–Kier alpha value is -1.34. The minimum atomic E-state index is -0.275. The van der Waals surface area contributed by atoms with Crippen LogP contribution in [-0.4, -0.2) is 27.3 Å². The molecule has 2 heterocycles. The molecule has 1 amide bonds. The first kappa shape index (κ1) is 17.5. The summed E-state index contributed by atoms with van der Waals surface area (Å²) in [5.74, 6) is 0.634. The number of rotatable bonds is 5. The average molecular weight is 366 g/mol. The van der Waals surface area contributed by atoms with Crippen LogP contribution in [0.5, 0.6) is 0 Å². The summed E-state index contributed by atoms with van der Waals surface area (Å²) in [6.45, 7) is 2.63. The number of carbonyl (C=O) groups is 1. The fourth-order valence-electron chi connectivity index (χ4n) is 3.06. The van der Waals surface area contributed by atoms with Gasteiger partial charge in [-0.15, -0.1) is 11.3 Å². The maximum Gasteiger partial charge on any atom is 0.271 e. The van der Waals surface area contributed by atoms with Gasteiger partial charge in [-0.3, -0.25) is 14.2 Å². The first-order valence-corrected chi connectivity index (χ1v) is 10.2. The molecule has 7 heteroatoms. The van der Waals surface area contributed by atoms with Crippen molar-refractivity contribution in [2.24, 2.45) is 13.0 Å². The summed E-state index contributed by atoms with van der Waals surface area (Å²) in [6, 6.07) is 1.85. The van der Waals surface area contributed by atoms with Crippen molar-refractivity contribution >= 4 is 39.2 Å². The van der Waals surface area contributed by atoms with Gasteiger partial charge in [0.15, 0.2) is 5.16 Å². The van der Waals surface area contributed by atoms with Gasteiger partial charge in [-0.05, 0) is 37.1 Å². The number of hydrogen-bond acceptors (Lipinski definition) is 5. The molecule has 2 aromatic heterocycles. The Kier molecular flexibility index (Phi) is 5.61. The van der Waals surface area contributed by atoms with Crippen molar-refractivity contribution in [1.82, 2.24) is 14.9 Å². The van der Waals surface area contributed by atoms with Crippen LogP contribution < -0.4 is 10.9 Å². The molecule has 1 aliphatic carbocycles. The summed E-state index contributed by atoms with van der Waals surface area (Å²) in [6.07, 6.45) is 6.30. The molecule has 1 saturated carbocycles. The Morgan fingerprint density at radius 3 is 2.96 bits per heavy atom. The van der Waals surface area contributed by atoms with Crippen LogP contribution >= 0.6 is 23.1 Å². The minimum absolute atomic E-state index is 0.0187.